The number of hydrogen-bond donors (Lipinski definition) is 1. The molecule has 3 rings (SSSR count). The normalized spacial score (nSPS) is 20.6. The Labute approximate surface area is 194 Å². The molecular formula is C27H43N3O2. The number of piperidine rings is 1. The minimum Gasteiger partial charge on any atom is -0.359 e. The second kappa shape index (κ2) is 10.4. The molecule has 0 radical (unpaired) electrons. The average Bonchev–Trinajstić information content (AvgIpc) is 2.78. The fourth-order valence-corrected chi connectivity index (χ4v) is 5.57. The minimum atomic E-state index is -0.0735. The number of carbonyl (C=O) groups is 2. The van der Waals surface area contributed by atoms with E-state index in [1.807, 2.05) is 4.90 Å². The molecule has 1 fully saturated rings. The third-order valence-electron chi connectivity index (χ3n) is 7.66. The topological polar surface area (TPSA) is 52.7 Å². The predicted molar refractivity (Wildman–Crippen MR) is 131 cm³/mol. The molecule has 1 spiro atoms. The number of benzene rings is 1. The highest BCUT2D eigenvalue weighted by molar-refractivity contribution is 5.84. The van der Waals surface area contributed by atoms with Crippen molar-refractivity contribution in [1.82, 2.24) is 15.1 Å². The van der Waals surface area contributed by atoms with E-state index in [4.69, 9.17) is 0 Å². The van der Waals surface area contributed by atoms with Crippen molar-refractivity contribution in [3.05, 3.63) is 35.4 Å². The zero-order valence-corrected chi connectivity index (χ0v) is 20.9. The van der Waals surface area contributed by atoms with Crippen LogP contribution in [0, 0.1) is 5.41 Å². The van der Waals surface area contributed by atoms with Gasteiger partial charge >= 0.3 is 0 Å². The summed E-state index contributed by atoms with van der Waals surface area (Å²) in [6, 6.07) is 8.96. The van der Waals surface area contributed by atoms with Gasteiger partial charge in [0.15, 0.2) is 0 Å². The van der Waals surface area contributed by atoms with Crippen molar-refractivity contribution in [1.29, 1.82) is 0 Å². The Hall–Kier alpha value is -1.88. The van der Waals surface area contributed by atoms with E-state index in [9.17, 15) is 9.59 Å². The quantitative estimate of drug-likeness (QED) is 0.669. The highest BCUT2D eigenvalue weighted by atomic mass is 16.2. The summed E-state index contributed by atoms with van der Waals surface area (Å²) in [6.07, 6.45) is 6.34. The summed E-state index contributed by atoms with van der Waals surface area (Å²) in [4.78, 5) is 29.3. The molecule has 1 atom stereocenters. The average molecular weight is 442 g/mol. The fourth-order valence-electron chi connectivity index (χ4n) is 5.57. The van der Waals surface area contributed by atoms with Crippen molar-refractivity contribution in [3.8, 4) is 0 Å². The van der Waals surface area contributed by atoms with Crippen LogP contribution in [0.1, 0.15) is 89.8 Å². The number of nitrogens with zero attached hydrogens (tertiary/aromatic N) is 2. The third kappa shape index (κ3) is 5.72. The summed E-state index contributed by atoms with van der Waals surface area (Å²) in [5.41, 5.74) is 3.42. The van der Waals surface area contributed by atoms with Crippen molar-refractivity contribution in [2.75, 3.05) is 33.2 Å². The molecule has 1 aliphatic carbocycles. The molecule has 1 saturated heterocycles. The Bertz CT molecular complexity index is 790. The van der Waals surface area contributed by atoms with Crippen LogP contribution in [0.5, 0.6) is 0 Å². The van der Waals surface area contributed by atoms with E-state index >= 15 is 0 Å². The van der Waals surface area contributed by atoms with Crippen LogP contribution in [0.3, 0.4) is 0 Å². The van der Waals surface area contributed by atoms with Crippen molar-refractivity contribution in [2.45, 2.75) is 84.1 Å². The molecule has 32 heavy (non-hydrogen) atoms. The molecule has 178 valence electrons. The lowest BCUT2D eigenvalue weighted by Crippen LogP contribution is -2.47. The van der Waals surface area contributed by atoms with Gasteiger partial charge < -0.3 is 15.1 Å². The third-order valence-corrected chi connectivity index (χ3v) is 7.66. The zero-order valence-electron chi connectivity index (χ0n) is 20.9. The molecule has 1 aromatic rings. The van der Waals surface area contributed by atoms with Crippen LogP contribution in [-0.2, 0) is 15.0 Å². The van der Waals surface area contributed by atoms with Gasteiger partial charge in [0, 0.05) is 26.4 Å². The van der Waals surface area contributed by atoms with Gasteiger partial charge in [0.1, 0.15) is 0 Å². The number of likely N-dealkylation sites (tertiary alicyclic amines) is 1. The number of hydrogen-bond acceptors (Lipinski definition) is 3. The number of rotatable bonds is 7. The van der Waals surface area contributed by atoms with Crippen LogP contribution < -0.4 is 5.32 Å². The molecule has 0 aromatic heterocycles. The number of carbonyl (C=O) groups excluding carboxylic acids is 2. The van der Waals surface area contributed by atoms with Crippen LogP contribution in [0.2, 0.25) is 0 Å². The summed E-state index contributed by atoms with van der Waals surface area (Å²) in [7, 11) is 1.62. The number of fused-ring (bicyclic) bond motifs is 2. The SMILES string of the molecule is CCN(C(=O)CCC(=O)NC)[C@H]1CCC2(CCN(CCC(C)(C)C)CC2)c2ccccc21. The Morgan fingerprint density at radius 3 is 2.44 bits per heavy atom. The van der Waals surface area contributed by atoms with Crippen molar-refractivity contribution in [3.63, 3.8) is 0 Å². The lowest BCUT2D eigenvalue weighted by atomic mass is 9.63. The van der Waals surface area contributed by atoms with Gasteiger partial charge in [0.2, 0.25) is 11.8 Å². The maximum Gasteiger partial charge on any atom is 0.223 e. The van der Waals surface area contributed by atoms with E-state index in [1.165, 1.54) is 36.9 Å². The van der Waals surface area contributed by atoms with Gasteiger partial charge in [0.25, 0.3) is 0 Å². The van der Waals surface area contributed by atoms with Crippen LogP contribution in [0.4, 0.5) is 0 Å². The highest BCUT2D eigenvalue weighted by Crippen LogP contribution is 2.49. The first-order chi connectivity index (χ1) is 15.2. The first kappa shape index (κ1) is 24.8. The fraction of sp³-hybridized carbons (Fsp3) is 0.704. The van der Waals surface area contributed by atoms with Crippen LogP contribution in [-0.4, -0.2) is 54.8 Å². The first-order valence-corrected chi connectivity index (χ1v) is 12.5. The van der Waals surface area contributed by atoms with E-state index in [0.29, 0.717) is 12.0 Å². The van der Waals surface area contributed by atoms with Gasteiger partial charge in [-0.2, -0.15) is 0 Å². The van der Waals surface area contributed by atoms with Crippen LogP contribution in [0.15, 0.2) is 24.3 Å². The van der Waals surface area contributed by atoms with Crippen molar-refractivity contribution < 1.29 is 9.59 Å². The maximum absolute atomic E-state index is 13.0. The molecule has 0 bridgehead atoms. The van der Waals surface area contributed by atoms with Crippen molar-refractivity contribution >= 4 is 11.8 Å². The molecule has 0 saturated carbocycles. The van der Waals surface area contributed by atoms with Gasteiger partial charge in [-0.3, -0.25) is 9.59 Å². The molecule has 1 aliphatic heterocycles. The van der Waals surface area contributed by atoms with Crippen LogP contribution >= 0.6 is 0 Å². The van der Waals surface area contributed by atoms with Gasteiger partial charge in [0.05, 0.1) is 6.04 Å². The monoisotopic (exact) mass is 441 g/mol. The lowest BCUT2D eigenvalue weighted by Gasteiger charge is -2.49. The molecule has 5 heteroatoms. The van der Waals surface area contributed by atoms with E-state index < -0.39 is 0 Å². The summed E-state index contributed by atoms with van der Waals surface area (Å²) in [5.74, 6) is 0.0134. The van der Waals surface area contributed by atoms with E-state index in [0.717, 1.165) is 25.9 Å². The Morgan fingerprint density at radius 1 is 1.12 bits per heavy atom. The Morgan fingerprint density at radius 2 is 1.81 bits per heavy atom. The summed E-state index contributed by atoms with van der Waals surface area (Å²) in [5, 5.41) is 2.62. The lowest BCUT2D eigenvalue weighted by molar-refractivity contribution is -0.136. The van der Waals surface area contributed by atoms with Gasteiger partial charge in [-0.05, 0) is 80.6 Å². The molecular weight excluding hydrogens is 398 g/mol. The molecule has 5 nitrogen and oxygen atoms in total. The molecule has 0 unspecified atom stereocenters. The second-order valence-corrected chi connectivity index (χ2v) is 10.9. The van der Waals surface area contributed by atoms with E-state index in [2.05, 4.69) is 62.2 Å². The molecule has 1 heterocycles. The molecule has 1 aromatic carbocycles. The Balaban J connectivity index is 1.73. The van der Waals surface area contributed by atoms with E-state index in [1.54, 1.807) is 7.05 Å². The van der Waals surface area contributed by atoms with Gasteiger partial charge in [-0.25, -0.2) is 0 Å². The van der Waals surface area contributed by atoms with Crippen LogP contribution in [0.25, 0.3) is 0 Å². The second-order valence-electron chi connectivity index (χ2n) is 10.9. The van der Waals surface area contributed by atoms with E-state index in [-0.39, 0.29) is 36.1 Å². The highest BCUT2D eigenvalue weighted by Gasteiger charge is 2.43. The standard InChI is InChI=1S/C27H43N3O2/c1-6-30(25(32)12-11-24(31)28-5)23-13-14-27(22-10-8-7-9-21(22)23)16-19-29(20-17-27)18-15-26(2,3)4/h7-10,23H,6,11-20H2,1-5H3,(H,28,31)/t23-/m0/s1. The molecule has 1 N–H and O–H groups in total. The number of nitrogens with one attached hydrogen (secondary N) is 1. The molecule has 2 amide bonds. The predicted octanol–water partition coefficient (Wildman–Crippen LogP) is 4.67. The summed E-state index contributed by atoms with van der Waals surface area (Å²) < 4.78 is 0. The molecule has 2 aliphatic rings. The largest absolute Gasteiger partial charge is 0.359 e. The van der Waals surface area contributed by atoms with Gasteiger partial charge in [-0.15, -0.1) is 0 Å². The smallest absolute Gasteiger partial charge is 0.223 e. The summed E-state index contributed by atoms with van der Waals surface area (Å²) in [6.45, 7) is 13.2. The van der Waals surface area contributed by atoms with Crippen molar-refractivity contribution in [2.24, 2.45) is 5.41 Å². The minimum absolute atomic E-state index is 0.0735. The maximum atomic E-state index is 13.0. The number of amides is 2. The summed E-state index contributed by atoms with van der Waals surface area (Å²) >= 11 is 0. The Kier molecular flexibility index (Phi) is 8.02. The first-order valence-electron chi connectivity index (χ1n) is 12.5. The zero-order chi connectivity index (χ0) is 23.4. The van der Waals surface area contributed by atoms with Gasteiger partial charge in [-0.1, -0.05) is 45.0 Å².